The van der Waals surface area contributed by atoms with Crippen LogP contribution in [0, 0.1) is 5.41 Å². The zero-order valence-corrected chi connectivity index (χ0v) is 10.8. The van der Waals surface area contributed by atoms with E-state index in [4.69, 9.17) is 5.84 Å². The minimum Gasteiger partial charge on any atom is -0.300 e. The van der Waals surface area contributed by atoms with Crippen LogP contribution in [0.2, 0.25) is 0 Å². The van der Waals surface area contributed by atoms with Crippen LogP contribution in [0.3, 0.4) is 0 Å². The Labute approximate surface area is 98.5 Å². The van der Waals surface area contributed by atoms with Gasteiger partial charge in [0.2, 0.25) is 5.91 Å². The Balaban J connectivity index is 2.35. The second-order valence-corrected chi connectivity index (χ2v) is 5.69. The fourth-order valence-corrected chi connectivity index (χ4v) is 2.44. The number of carbonyl (C=O) groups excluding carboxylic acids is 1. The number of likely N-dealkylation sites (tertiary alicyclic amines) is 1. The van der Waals surface area contributed by atoms with E-state index in [2.05, 4.69) is 31.1 Å². The second-order valence-electron chi connectivity index (χ2n) is 5.69. The van der Waals surface area contributed by atoms with Crippen LogP contribution < -0.4 is 11.3 Å². The Morgan fingerprint density at radius 1 is 1.56 bits per heavy atom. The molecule has 1 unspecified atom stereocenters. The highest BCUT2D eigenvalue weighted by Gasteiger charge is 2.28. The lowest BCUT2D eigenvalue weighted by atomic mass is 9.83. The van der Waals surface area contributed by atoms with Crippen molar-refractivity contribution in [3.63, 3.8) is 0 Å². The summed E-state index contributed by atoms with van der Waals surface area (Å²) >= 11 is 0. The lowest BCUT2D eigenvalue weighted by molar-refractivity contribution is -0.121. The summed E-state index contributed by atoms with van der Waals surface area (Å²) in [6, 6.07) is 0.469. The van der Waals surface area contributed by atoms with Gasteiger partial charge in [0, 0.05) is 19.0 Å². The molecule has 0 spiro atoms. The van der Waals surface area contributed by atoms with Gasteiger partial charge in [-0.3, -0.25) is 10.2 Å². The van der Waals surface area contributed by atoms with Gasteiger partial charge in [0.05, 0.1) is 0 Å². The van der Waals surface area contributed by atoms with Crippen molar-refractivity contribution in [2.45, 2.75) is 52.5 Å². The third-order valence-corrected chi connectivity index (χ3v) is 3.50. The fourth-order valence-electron chi connectivity index (χ4n) is 2.44. The SMILES string of the molecule is CC(CCC(=O)NN)N1CCCC(C)(C)C1. The van der Waals surface area contributed by atoms with Gasteiger partial charge in [0.15, 0.2) is 0 Å². The van der Waals surface area contributed by atoms with Crippen molar-refractivity contribution in [1.29, 1.82) is 0 Å². The predicted molar refractivity (Wildman–Crippen MR) is 65.6 cm³/mol. The van der Waals surface area contributed by atoms with Gasteiger partial charge in [-0.15, -0.1) is 0 Å². The van der Waals surface area contributed by atoms with Crippen molar-refractivity contribution < 1.29 is 4.79 Å². The number of hydrazine groups is 1. The van der Waals surface area contributed by atoms with E-state index in [1.54, 1.807) is 0 Å². The minimum absolute atomic E-state index is 0.0666. The largest absolute Gasteiger partial charge is 0.300 e. The van der Waals surface area contributed by atoms with Crippen LogP contribution >= 0.6 is 0 Å². The molecule has 1 fully saturated rings. The Morgan fingerprint density at radius 3 is 2.81 bits per heavy atom. The fraction of sp³-hybridized carbons (Fsp3) is 0.917. The van der Waals surface area contributed by atoms with Crippen molar-refractivity contribution >= 4 is 5.91 Å². The highest BCUT2D eigenvalue weighted by Crippen LogP contribution is 2.30. The third kappa shape index (κ3) is 4.10. The quantitative estimate of drug-likeness (QED) is 0.432. The van der Waals surface area contributed by atoms with E-state index in [9.17, 15) is 4.79 Å². The Kier molecular flexibility index (Phi) is 4.74. The molecule has 94 valence electrons. The topological polar surface area (TPSA) is 58.4 Å². The van der Waals surface area contributed by atoms with Gasteiger partial charge in [-0.1, -0.05) is 13.8 Å². The van der Waals surface area contributed by atoms with Gasteiger partial charge >= 0.3 is 0 Å². The number of nitrogens with one attached hydrogen (secondary N) is 1. The average Bonchev–Trinajstić information content (AvgIpc) is 2.23. The molecule has 4 heteroatoms. The maximum absolute atomic E-state index is 11.1. The first-order valence-corrected chi connectivity index (χ1v) is 6.18. The third-order valence-electron chi connectivity index (χ3n) is 3.50. The molecular formula is C12H25N3O. The molecule has 0 aromatic heterocycles. The van der Waals surface area contributed by atoms with E-state index in [1.165, 1.54) is 12.8 Å². The lowest BCUT2D eigenvalue weighted by Crippen LogP contribution is -2.45. The first-order chi connectivity index (χ1) is 7.44. The molecule has 0 aromatic carbocycles. The normalized spacial score (nSPS) is 22.8. The summed E-state index contributed by atoms with van der Waals surface area (Å²) in [4.78, 5) is 13.6. The first kappa shape index (κ1) is 13.5. The van der Waals surface area contributed by atoms with Gasteiger partial charge in [-0.05, 0) is 38.1 Å². The van der Waals surface area contributed by atoms with Crippen molar-refractivity contribution in [3.05, 3.63) is 0 Å². The molecule has 16 heavy (non-hydrogen) atoms. The number of carbonyl (C=O) groups is 1. The van der Waals surface area contributed by atoms with Crippen molar-refractivity contribution in [2.24, 2.45) is 11.3 Å². The van der Waals surface area contributed by atoms with E-state index in [-0.39, 0.29) is 5.91 Å². The van der Waals surface area contributed by atoms with Gasteiger partial charge in [-0.2, -0.15) is 0 Å². The summed E-state index contributed by atoms with van der Waals surface area (Å²) in [6.45, 7) is 9.13. The highest BCUT2D eigenvalue weighted by atomic mass is 16.2. The Bertz CT molecular complexity index is 240. The zero-order valence-electron chi connectivity index (χ0n) is 10.8. The predicted octanol–water partition coefficient (Wildman–Crippen LogP) is 1.27. The standard InChI is InChI=1S/C12H25N3O/c1-10(5-6-11(16)14-13)15-8-4-7-12(2,3)9-15/h10H,4-9,13H2,1-3H3,(H,14,16). The molecule has 4 nitrogen and oxygen atoms in total. The molecule has 1 atom stereocenters. The summed E-state index contributed by atoms with van der Waals surface area (Å²) < 4.78 is 0. The molecule has 1 aliphatic rings. The number of hydrogen-bond acceptors (Lipinski definition) is 3. The molecule has 1 heterocycles. The number of piperidine rings is 1. The van der Waals surface area contributed by atoms with Crippen molar-refractivity contribution in [2.75, 3.05) is 13.1 Å². The summed E-state index contributed by atoms with van der Waals surface area (Å²) in [5.41, 5.74) is 2.60. The summed E-state index contributed by atoms with van der Waals surface area (Å²) in [5, 5.41) is 0. The van der Waals surface area contributed by atoms with E-state index < -0.39 is 0 Å². The monoisotopic (exact) mass is 227 g/mol. The average molecular weight is 227 g/mol. The lowest BCUT2D eigenvalue weighted by Gasteiger charge is -2.41. The van der Waals surface area contributed by atoms with E-state index in [0.717, 1.165) is 19.5 Å². The summed E-state index contributed by atoms with van der Waals surface area (Å²) in [5.74, 6) is 5.00. The minimum atomic E-state index is -0.0666. The van der Waals surface area contributed by atoms with Crippen molar-refractivity contribution in [3.8, 4) is 0 Å². The van der Waals surface area contributed by atoms with Crippen molar-refractivity contribution in [1.82, 2.24) is 10.3 Å². The molecule has 1 amide bonds. The molecule has 0 radical (unpaired) electrons. The first-order valence-electron chi connectivity index (χ1n) is 6.18. The van der Waals surface area contributed by atoms with Crippen LogP contribution in [0.5, 0.6) is 0 Å². The molecule has 1 saturated heterocycles. The van der Waals surface area contributed by atoms with Gasteiger partial charge in [0.1, 0.15) is 0 Å². The molecule has 1 rings (SSSR count). The molecule has 1 aliphatic heterocycles. The molecule has 0 saturated carbocycles. The van der Waals surface area contributed by atoms with Crippen LogP contribution in [0.25, 0.3) is 0 Å². The van der Waals surface area contributed by atoms with Crippen LogP contribution in [0.1, 0.15) is 46.5 Å². The van der Waals surface area contributed by atoms with E-state index in [0.29, 0.717) is 17.9 Å². The smallest absolute Gasteiger partial charge is 0.233 e. The second kappa shape index (κ2) is 5.64. The van der Waals surface area contributed by atoms with Crippen LogP contribution in [0.15, 0.2) is 0 Å². The summed E-state index contributed by atoms with van der Waals surface area (Å²) in [7, 11) is 0. The van der Waals surface area contributed by atoms with Crippen LogP contribution in [-0.4, -0.2) is 29.9 Å². The van der Waals surface area contributed by atoms with Crippen LogP contribution in [-0.2, 0) is 4.79 Å². The number of nitrogens with zero attached hydrogens (tertiary/aromatic N) is 1. The Morgan fingerprint density at radius 2 is 2.25 bits per heavy atom. The molecule has 3 N–H and O–H groups in total. The molecule has 0 bridgehead atoms. The molecule has 0 aromatic rings. The highest BCUT2D eigenvalue weighted by molar-refractivity contribution is 5.75. The number of amides is 1. The molecule has 0 aliphatic carbocycles. The van der Waals surface area contributed by atoms with Crippen LogP contribution in [0.4, 0.5) is 0 Å². The summed E-state index contributed by atoms with van der Waals surface area (Å²) in [6.07, 6.45) is 3.98. The number of nitrogens with two attached hydrogens (primary N) is 1. The van der Waals surface area contributed by atoms with Gasteiger partial charge in [0.25, 0.3) is 0 Å². The van der Waals surface area contributed by atoms with E-state index in [1.807, 2.05) is 0 Å². The van der Waals surface area contributed by atoms with Gasteiger partial charge < -0.3 is 4.90 Å². The maximum atomic E-state index is 11.1. The Hall–Kier alpha value is -0.610. The number of hydrogen-bond donors (Lipinski definition) is 2. The maximum Gasteiger partial charge on any atom is 0.233 e. The van der Waals surface area contributed by atoms with Gasteiger partial charge in [-0.25, -0.2) is 5.84 Å². The zero-order chi connectivity index (χ0) is 12.2. The van der Waals surface area contributed by atoms with E-state index >= 15 is 0 Å². The molecular weight excluding hydrogens is 202 g/mol. The number of rotatable bonds is 4.